The zero-order valence-electron chi connectivity index (χ0n) is 10.8. The molecule has 5 heteroatoms. The Morgan fingerprint density at radius 2 is 2.21 bits per heavy atom. The Kier molecular flexibility index (Phi) is 4.47. The minimum absolute atomic E-state index is 0.0924. The van der Waals surface area contributed by atoms with Crippen LogP contribution in [-0.4, -0.2) is 29.3 Å². The molecular formula is C14H17NO3S. The molecule has 2 rings (SSSR count). The van der Waals surface area contributed by atoms with Crippen LogP contribution in [0.5, 0.6) is 0 Å². The third kappa shape index (κ3) is 3.29. The van der Waals surface area contributed by atoms with Gasteiger partial charge in [-0.3, -0.25) is 9.59 Å². The van der Waals surface area contributed by atoms with Crippen molar-refractivity contribution in [3.05, 3.63) is 35.4 Å². The van der Waals surface area contributed by atoms with Gasteiger partial charge in [-0.15, -0.1) is 11.8 Å². The smallest absolute Gasteiger partial charge is 0.308 e. The maximum absolute atomic E-state index is 12.2. The van der Waals surface area contributed by atoms with Crippen LogP contribution < -0.4 is 5.32 Å². The summed E-state index contributed by atoms with van der Waals surface area (Å²) < 4.78 is 0. The average Bonchev–Trinajstić information content (AvgIpc) is 2.43. The van der Waals surface area contributed by atoms with Gasteiger partial charge in [0.05, 0.1) is 5.92 Å². The molecule has 0 saturated carbocycles. The van der Waals surface area contributed by atoms with Crippen molar-refractivity contribution in [2.75, 3.05) is 12.3 Å². The molecule has 1 aromatic rings. The molecule has 4 nitrogen and oxygen atoms in total. The van der Waals surface area contributed by atoms with E-state index in [0.717, 1.165) is 17.7 Å². The highest BCUT2D eigenvalue weighted by atomic mass is 32.2. The lowest BCUT2D eigenvalue weighted by atomic mass is 10.0. The molecule has 0 unspecified atom stereocenters. The molecule has 0 aliphatic carbocycles. The fraction of sp³-hybridized carbons (Fsp3) is 0.429. The van der Waals surface area contributed by atoms with Crippen LogP contribution in [0.15, 0.2) is 24.3 Å². The van der Waals surface area contributed by atoms with E-state index in [0.29, 0.717) is 0 Å². The van der Waals surface area contributed by atoms with Crippen molar-refractivity contribution in [2.24, 2.45) is 5.92 Å². The molecule has 1 heterocycles. The number of nitrogens with one attached hydrogen (secondary N) is 1. The Hall–Kier alpha value is -1.49. The number of aliphatic carboxylic acids is 1. The van der Waals surface area contributed by atoms with E-state index in [9.17, 15) is 9.59 Å². The number of thioether (sulfide) groups is 1. The lowest BCUT2D eigenvalue weighted by Crippen LogP contribution is -2.35. The van der Waals surface area contributed by atoms with E-state index in [2.05, 4.69) is 11.4 Å². The molecule has 102 valence electrons. The number of rotatable bonds is 4. The third-order valence-corrected chi connectivity index (χ3v) is 4.48. The number of amides is 1. The largest absolute Gasteiger partial charge is 0.481 e. The molecule has 1 aliphatic heterocycles. The van der Waals surface area contributed by atoms with Gasteiger partial charge in [0.1, 0.15) is 5.25 Å². The second-order valence-corrected chi connectivity index (χ2v) is 5.90. The first kappa shape index (κ1) is 13.9. The van der Waals surface area contributed by atoms with Gasteiger partial charge in [-0.2, -0.15) is 0 Å². The predicted octanol–water partition coefficient (Wildman–Crippen LogP) is 1.85. The summed E-state index contributed by atoms with van der Waals surface area (Å²) in [5, 5.41) is 11.3. The van der Waals surface area contributed by atoms with Crippen LogP contribution in [0.2, 0.25) is 0 Å². The van der Waals surface area contributed by atoms with Crippen LogP contribution in [0.4, 0.5) is 0 Å². The quantitative estimate of drug-likeness (QED) is 0.883. The number of hydrogen-bond acceptors (Lipinski definition) is 3. The molecular weight excluding hydrogens is 262 g/mol. The Morgan fingerprint density at radius 1 is 1.47 bits per heavy atom. The number of hydrogen-bond donors (Lipinski definition) is 2. The normalized spacial score (nSPS) is 19.3. The van der Waals surface area contributed by atoms with Gasteiger partial charge in [-0.25, -0.2) is 0 Å². The minimum Gasteiger partial charge on any atom is -0.481 e. The van der Waals surface area contributed by atoms with Crippen molar-refractivity contribution in [3.63, 3.8) is 0 Å². The summed E-state index contributed by atoms with van der Waals surface area (Å²) in [6.45, 7) is 1.76. The Morgan fingerprint density at radius 3 is 2.95 bits per heavy atom. The molecule has 1 aromatic carbocycles. The molecule has 19 heavy (non-hydrogen) atoms. The Bertz CT molecular complexity index is 489. The van der Waals surface area contributed by atoms with Crippen molar-refractivity contribution >= 4 is 23.6 Å². The number of carboxylic acids is 1. The molecule has 0 aromatic heterocycles. The summed E-state index contributed by atoms with van der Waals surface area (Å²) >= 11 is 1.61. The highest BCUT2D eigenvalue weighted by molar-refractivity contribution is 8.00. The van der Waals surface area contributed by atoms with Gasteiger partial charge in [0, 0.05) is 6.54 Å². The van der Waals surface area contributed by atoms with Gasteiger partial charge in [-0.1, -0.05) is 31.2 Å². The Balaban J connectivity index is 2.03. The van der Waals surface area contributed by atoms with Crippen LogP contribution in [0.25, 0.3) is 0 Å². The number of carboxylic acid groups (broad SMARTS) is 1. The molecule has 0 radical (unpaired) electrons. The summed E-state index contributed by atoms with van der Waals surface area (Å²) in [4.78, 5) is 22.9. The molecule has 1 amide bonds. The highest BCUT2D eigenvalue weighted by Crippen LogP contribution is 2.36. The summed E-state index contributed by atoms with van der Waals surface area (Å²) in [7, 11) is 0. The van der Waals surface area contributed by atoms with Gasteiger partial charge in [-0.05, 0) is 23.3 Å². The molecule has 2 atom stereocenters. The lowest BCUT2D eigenvalue weighted by molar-refractivity contribution is -0.141. The first-order chi connectivity index (χ1) is 9.09. The van der Waals surface area contributed by atoms with Crippen LogP contribution in [-0.2, 0) is 16.0 Å². The van der Waals surface area contributed by atoms with Gasteiger partial charge in [0.25, 0.3) is 0 Å². The van der Waals surface area contributed by atoms with E-state index in [1.165, 1.54) is 5.56 Å². The van der Waals surface area contributed by atoms with E-state index in [4.69, 9.17) is 5.11 Å². The second kappa shape index (κ2) is 6.10. The number of aryl methyl sites for hydroxylation is 1. The van der Waals surface area contributed by atoms with E-state index >= 15 is 0 Å². The first-order valence-electron chi connectivity index (χ1n) is 6.29. The van der Waals surface area contributed by atoms with E-state index in [-0.39, 0.29) is 17.7 Å². The summed E-state index contributed by atoms with van der Waals surface area (Å²) in [5.74, 6) is -0.626. The fourth-order valence-corrected chi connectivity index (χ4v) is 3.26. The van der Waals surface area contributed by atoms with Crippen molar-refractivity contribution in [1.82, 2.24) is 5.32 Å². The van der Waals surface area contributed by atoms with E-state index in [1.54, 1.807) is 18.7 Å². The van der Waals surface area contributed by atoms with E-state index < -0.39 is 11.9 Å². The topological polar surface area (TPSA) is 66.4 Å². The van der Waals surface area contributed by atoms with Gasteiger partial charge in [0.15, 0.2) is 0 Å². The van der Waals surface area contributed by atoms with Crippen molar-refractivity contribution < 1.29 is 14.7 Å². The molecule has 1 aliphatic rings. The van der Waals surface area contributed by atoms with Crippen molar-refractivity contribution in [1.29, 1.82) is 0 Å². The maximum Gasteiger partial charge on any atom is 0.308 e. The SMILES string of the molecule is C[C@H](CNC(=O)[C@@H]1SCCc2ccccc21)C(=O)O. The summed E-state index contributed by atoms with van der Waals surface area (Å²) in [6, 6.07) is 7.95. The van der Waals surface area contributed by atoms with Gasteiger partial charge in [0.2, 0.25) is 5.91 Å². The fourth-order valence-electron chi connectivity index (χ4n) is 2.04. The molecule has 2 N–H and O–H groups in total. The van der Waals surface area contributed by atoms with Crippen molar-refractivity contribution in [3.8, 4) is 0 Å². The number of carbonyl (C=O) groups is 2. The number of benzene rings is 1. The molecule has 0 bridgehead atoms. The lowest BCUT2D eigenvalue weighted by Gasteiger charge is -2.24. The molecule has 0 fully saturated rings. The van der Waals surface area contributed by atoms with Gasteiger partial charge >= 0.3 is 5.97 Å². The number of carbonyl (C=O) groups excluding carboxylic acids is 1. The number of fused-ring (bicyclic) bond motifs is 1. The Labute approximate surface area is 116 Å². The predicted molar refractivity (Wildman–Crippen MR) is 75.2 cm³/mol. The molecule has 0 spiro atoms. The van der Waals surface area contributed by atoms with Crippen LogP contribution >= 0.6 is 11.8 Å². The third-order valence-electron chi connectivity index (χ3n) is 3.24. The standard InChI is InChI=1S/C14H17NO3S/c1-9(14(17)18)8-15-13(16)12-11-5-3-2-4-10(11)6-7-19-12/h2-5,9,12H,6-8H2,1H3,(H,15,16)(H,17,18)/t9-,12-/m1/s1. The first-order valence-corrected chi connectivity index (χ1v) is 7.34. The van der Waals surface area contributed by atoms with Crippen LogP contribution in [0, 0.1) is 5.92 Å². The summed E-state index contributed by atoms with van der Waals surface area (Å²) in [6.07, 6.45) is 0.982. The minimum atomic E-state index is -0.892. The van der Waals surface area contributed by atoms with E-state index in [1.807, 2.05) is 18.2 Å². The summed E-state index contributed by atoms with van der Waals surface area (Å²) in [5.41, 5.74) is 2.27. The van der Waals surface area contributed by atoms with Crippen LogP contribution in [0.1, 0.15) is 23.3 Å². The average molecular weight is 279 g/mol. The highest BCUT2D eigenvalue weighted by Gasteiger charge is 2.27. The van der Waals surface area contributed by atoms with Gasteiger partial charge < -0.3 is 10.4 Å². The second-order valence-electron chi connectivity index (χ2n) is 4.68. The maximum atomic E-state index is 12.2. The monoisotopic (exact) mass is 279 g/mol. The molecule has 0 saturated heterocycles. The van der Waals surface area contributed by atoms with Crippen LogP contribution in [0.3, 0.4) is 0 Å². The van der Waals surface area contributed by atoms with Crippen molar-refractivity contribution in [2.45, 2.75) is 18.6 Å². The zero-order chi connectivity index (χ0) is 13.8. The zero-order valence-corrected chi connectivity index (χ0v) is 11.6.